The van der Waals surface area contributed by atoms with Gasteiger partial charge in [-0.3, -0.25) is 19.4 Å². The summed E-state index contributed by atoms with van der Waals surface area (Å²) in [7, 11) is 1.55. The number of benzodiazepines with no additional fused rings is 1. The molecule has 1 heterocycles. The van der Waals surface area contributed by atoms with E-state index in [0.717, 1.165) is 12.1 Å². The number of carbonyl (C=O) groups is 3. The lowest BCUT2D eigenvalue weighted by molar-refractivity contribution is -0.130. The quantitative estimate of drug-likeness (QED) is 0.734. The van der Waals surface area contributed by atoms with Gasteiger partial charge in [-0.1, -0.05) is 11.6 Å². The minimum atomic E-state index is -1.19. The zero-order valence-electron chi connectivity index (χ0n) is 16.7. The Morgan fingerprint density at radius 1 is 1.19 bits per heavy atom. The van der Waals surface area contributed by atoms with Crippen molar-refractivity contribution in [2.45, 2.75) is 25.6 Å². The molecule has 0 bridgehead atoms. The standard InChI is InChI=1S/C21H19ClF2N4O3/c1-11(26-18(29)7-12-5-15(23)9-16(24)6-12)20(30)27-19-21(31)28(2)17-4-3-14(22)8-13(17)10-25-19/h3-6,8-11,19H,7H2,1-2H3,(H,26,29)(H,27,30)/t11-,19?/m0/s1. The number of anilines is 1. The minimum absolute atomic E-state index is 0.129. The summed E-state index contributed by atoms with van der Waals surface area (Å²) >= 11 is 5.98. The van der Waals surface area contributed by atoms with E-state index in [-0.39, 0.29) is 12.0 Å². The number of fused-ring (bicyclic) bond motifs is 1. The van der Waals surface area contributed by atoms with E-state index in [1.807, 2.05) is 0 Å². The first kappa shape index (κ1) is 22.4. The summed E-state index contributed by atoms with van der Waals surface area (Å²) in [5.41, 5.74) is 1.33. The van der Waals surface area contributed by atoms with Crippen molar-refractivity contribution in [3.8, 4) is 0 Å². The van der Waals surface area contributed by atoms with E-state index in [4.69, 9.17) is 11.6 Å². The molecule has 2 aromatic rings. The average Bonchev–Trinajstić information content (AvgIpc) is 2.79. The van der Waals surface area contributed by atoms with E-state index in [9.17, 15) is 23.2 Å². The zero-order valence-corrected chi connectivity index (χ0v) is 17.4. The molecule has 0 aromatic heterocycles. The van der Waals surface area contributed by atoms with Gasteiger partial charge in [-0.2, -0.15) is 0 Å². The molecule has 0 saturated heterocycles. The molecule has 10 heteroatoms. The molecule has 0 fully saturated rings. The van der Waals surface area contributed by atoms with Crippen molar-refractivity contribution >= 4 is 41.2 Å². The fraction of sp³-hybridized carbons (Fsp3) is 0.238. The zero-order chi connectivity index (χ0) is 22.7. The molecule has 7 nitrogen and oxygen atoms in total. The number of carbonyl (C=O) groups excluding carboxylic acids is 3. The fourth-order valence-electron chi connectivity index (χ4n) is 3.07. The van der Waals surface area contributed by atoms with Gasteiger partial charge in [0.1, 0.15) is 17.7 Å². The van der Waals surface area contributed by atoms with Crippen LogP contribution in [0, 0.1) is 11.6 Å². The highest BCUT2D eigenvalue weighted by Gasteiger charge is 2.29. The number of amides is 3. The summed E-state index contributed by atoms with van der Waals surface area (Å²) in [6, 6.07) is 6.71. The molecule has 0 saturated carbocycles. The Morgan fingerprint density at radius 2 is 1.87 bits per heavy atom. The third-order valence-corrected chi connectivity index (χ3v) is 4.85. The molecule has 0 spiro atoms. The predicted molar refractivity (Wildman–Crippen MR) is 112 cm³/mol. The highest BCUT2D eigenvalue weighted by molar-refractivity contribution is 6.31. The molecule has 0 aliphatic carbocycles. The Balaban J connectivity index is 1.63. The van der Waals surface area contributed by atoms with Crippen LogP contribution >= 0.6 is 11.6 Å². The molecular weight excluding hydrogens is 430 g/mol. The number of likely N-dealkylation sites (N-methyl/N-ethyl adjacent to an activating group) is 1. The van der Waals surface area contributed by atoms with Crippen LogP contribution in [0.15, 0.2) is 41.4 Å². The molecule has 0 radical (unpaired) electrons. The van der Waals surface area contributed by atoms with Crippen LogP contribution < -0.4 is 15.5 Å². The Labute approximate surface area is 182 Å². The van der Waals surface area contributed by atoms with Crippen LogP contribution in [0.3, 0.4) is 0 Å². The molecule has 1 unspecified atom stereocenters. The van der Waals surface area contributed by atoms with E-state index in [1.165, 1.54) is 18.0 Å². The van der Waals surface area contributed by atoms with Crippen LogP contribution in [-0.2, 0) is 20.8 Å². The third-order valence-electron chi connectivity index (χ3n) is 4.61. The lowest BCUT2D eigenvalue weighted by atomic mass is 10.1. The van der Waals surface area contributed by atoms with Crippen LogP contribution in [0.25, 0.3) is 0 Å². The maximum atomic E-state index is 13.3. The summed E-state index contributed by atoms with van der Waals surface area (Å²) in [5.74, 6) is -3.33. The third kappa shape index (κ3) is 5.43. The van der Waals surface area contributed by atoms with Crippen LogP contribution in [0.5, 0.6) is 0 Å². The second-order valence-electron chi connectivity index (χ2n) is 7.03. The van der Waals surface area contributed by atoms with E-state index in [2.05, 4.69) is 15.6 Å². The predicted octanol–water partition coefficient (Wildman–Crippen LogP) is 2.20. The summed E-state index contributed by atoms with van der Waals surface area (Å²) in [6.07, 6.45) is -0.0682. The Bertz CT molecular complexity index is 1060. The van der Waals surface area contributed by atoms with Crippen molar-refractivity contribution in [1.82, 2.24) is 10.6 Å². The number of nitrogens with zero attached hydrogens (tertiary/aromatic N) is 2. The first-order valence-electron chi connectivity index (χ1n) is 9.29. The van der Waals surface area contributed by atoms with Gasteiger partial charge in [-0.05, 0) is 42.8 Å². The molecule has 31 heavy (non-hydrogen) atoms. The largest absolute Gasteiger partial charge is 0.344 e. The second kappa shape index (κ2) is 9.22. The number of nitrogens with one attached hydrogen (secondary N) is 2. The van der Waals surface area contributed by atoms with Gasteiger partial charge in [0.15, 0.2) is 0 Å². The lowest BCUT2D eigenvalue weighted by Crippen LogP contribution is -2.52. The number of hydrogen-bond donors (Lipinski definition) is 2. The maximum Gasteiger partial charge on any atom is 0.272 e. The van der Waals surface area contributed by atoms with Crippen LogP contribution in [0.2, 0.25) is 5.02 Å². The summed E-state index contributed by atoms with van der Waals surface area (Å²) in [5, 5.41) is 5.39. The normalized spacial score (nSPS) is 16.4. The average molecular weight is 449 g/mol. The topological polar surface area (TPSA) is 90.9 Å². The van der Waals surface area contributed by atoms with Gasteiger partial charge in [-0.15, -0.1) is 0 Å². The number of rotatable bonds is 5. The lowest BCUT2D eigenvalue weighted by Gasteiger charge is -2.22. The SMILES string of the molecule is C[C@H](NC(=O)Cc1cc(F)cc(F)c1)C(=O)NC1N=Cc2cc(Cl)ccc2N(C)C1=O. The van der Waals surface area contributed by atoms with Gasteiger partial charge < -0.3 is 15.5 Å². The molecule has 1 aliphatic heterocycles. The van der Waals surface area contributed by atoms with Gasteiger partial charge in [0.25, 0.3) is 5.91 Å². The van der Waals surface area contributed by atoms with Crippen LogP contribution in [-0.4, -0.2) is 43.2 Å². The first-order valence-corrected chi connectivity index (χ1v) is 9.67. The van der Waals surface area contributed by atoms with Gasteiger partial charge >= 0.3 is 0 Å². The Morgan fingerprint density at radius 3 is 2.55 bits per heavy atom. The monoisotopic (exact) mass is 448 g/mol. The molecule has 3 amide bonds. The number of aliphatic imine (C=N–C) groups is 1. The summed E-state index contributed by atoms with van der Waals surface area (Å²) in [6.45, 7) is 1.42. The summed E-state index contributed by atoms with van der Waals surface area (Å²) in [4.78, 5) is 42.8. The minimum Gasteiger partial charge on any atom is -0.344 e. The van der Waals surface area contributed by atoms with Crippen molar-refractivity contribution in [3.05, 3.63) is 64.2 Å². The molecule has 2 aromatic carbocycles. The van der Waals surface area contributed by atoms with Gasteiger partial charge in [-0.25, -0.2) is 8.78 Å². The number of hydrogen-bond acceptors (Lipinski definition) is 4. The van der Waals surface area contributed by atoms with E-state index < -0.39 is 41.6 Å². The molecule has 2 N–H and O–H groups in total. The van der Waals surface area contributed by atoms with Gasteiger partial charge in [0.2, 0.25) is 18.0 Å². The summed E-state index contributed by atoms with van der Waals surface area (Å²) < 4.78 is 26.5. The van der Waals surface area contributed by atoms with Gasteiger partial charge in [0.05, 0.1) is 12.1 Å². The molecule has 1 aliphatic rings. The van der Waals surface area contributed by atoms with Crippen molar-refractivity contribution in [2.75, 3.05) is 11.9 Å². The van der Waals surface area contributed by atoms with Crippen molar-refractivity contribution in [2.24, 2.45) is 4.99 Å². The number of halogens is 3. The van der Waals surface area contributed by atoms with Crippen molar-refractivity contribution in [3.63, 3.8) is 0 Å². The molecule has 162 valence electrons. The molecular formula is C21H19ClF2N4O3. The van der Waals surface area contributed by atoms with Crippen LogP contribution in [0.1, 0.15) is 18.1 Å². The molecule has 3 rings (SSSR count). The van der Waals surface area contributed by atoms with E-state index in [0.29, 0.717) is 22.3 Å². The highest BCUT2D eigenvalue weighted by atomic mass is 35.5. The Kier molecular flexibility index (Phi) is 6.65. The number of benzene rings is 2. The highest BCUT2D eigenvalue weighted by Crippen LogP contribution is 2.24. The van der Waals surface area contributed by atoms with Gasteiger partial charge in [0, 0.05) is 29.9 Å². The second-order valence-corrected chi connectivity index (χ2v) is 7.47. The van der Waals surface area contributed by atoms with Crippen LogP contribution in [0.4, 0.5) is 14.5 Å². The van der Waals surface area contributed by atoms with E-state index in [1.54, 1.807) is 25.2 Å². The maximum absolute atomic E-state index is 13.3. The van der Waals surface area contributed by atoms with Crippen molar-refractivity contribution in [1.29, 1.82) is 0 Å². The smallest absolute Gasteiger partial charge is 0.272 e. The first-order chi connectivity index (χ1) is 14.6. The molecule has 2 atom stereocenters. The van der Waals surface area contributed by atoms with E-state index >= 15 is 0 Å². The fourth-order valence-corrected chi connectivity index (χ4v) is 3.25. The van der Waals surface area contributed by atoms with Crippen molar-refractivity contribution < 1.29 is 23.2 Å². The Hall–Kier alpha value is -3.33.